The van der Waals surface area contributed by atoms with Crippen molar-refractivity contribution in [3.63, 3.8) is 0 Å². The summed E-state index contributed by atoms with van der Waals surface area (Å²) in [5, 5.41) is 8.82. The quantitative estimate of drug-likeness (QED) is 0.883. The van der Waals surface area contributed by atoms with E-state index in [4.69, 9.17) is 5.11 Å². The van der Waals surface area contributed by atoms with Gasteiger partial charge in [0.05, 0.1) is 12.1 Å². The predicted octanol–water partition coefficient (Wildman–Crippen LogP) is 1.65. The molecule has 7 heteroatoms. The molecule has 1 saturated carbocycles. The van der Waals surface area contributed by atoms with Crippen molar-refractivity contribution in [1.82, 2.24) is 9.88 Å². The van der Waals surface area contributed by atoms with Crippen LogP contribution in [0.5, 0.6) is 0 Å². The summed E-state index contributed by atoms with van der Waals surface area (Å²) in [7, 11) is 0. The van der Waals surface area contributed by atoms with E-state index in [9.17, 15) is 18.4 Å². The number of hydrogen-bond donors (Lipinski definition) is 1. The number of hydrogen-bond acceptors (Lipinski definition) is 3. The molecule has 0 bridgehead atoms. The molecule has 0 aliphatic heterocycles. The monoisotopic (exact) mass is 270 g/mol. The Bertz CT molecular complexity index is 504. The highest BCUT2D eigenvalue weighted by atomic mass is 19.3. The van der Waals surface area contributed by atoms with Crippen LogP contribution in [0.25, 0.3) is 0 Å². The SMILES string of the molecule is O=C(O)c1ccnc(C(=O)N(CC(F)F)C2CC2)c1. The van der Waals surface area contributed by atoms with Crippen molar-refractivity contribution in [2.24, 2.45) is 0 Å². The fraction of sp³-hybridized carbons (Fsp3) is 0.417. The zero-order valence-electron chi connectivity index (χ0n) is 9.92. The molecule has 1 fully saturated rings. The molecule has 0 aromatic carbocycles. The summed E-state index contributed by atoms with van der Waals surface area (Å²) in [6.07, 6.45) is -0.0506. The van der Waals surface area contributed by atoms with Crippen molar-refractivity contribution < 1.29 is 23.5 Å². The summed E-state index contributed by atoms with van der Waals surface area (Å²) in [6.45, 7) is -0.650. The van der Waals surface area contributed by atoms with Gasteiger partial charge in [-0.05, 0) is 25.0 Å². The smallest absolute Gasteiger partial charge is 0.335 e. The third-order valence-corrected chi connectivity index (χ3v) is 2.81. The van der Waals surface area contributed by atoms with Crippen LogP contribution in [0.3, 0.4) is 0 Å². The van der Waals surface area contributed by atoms with Crippen molar-refractivity contribution in [3.05, 3.63) is 29.6 Å². The second-order valence-corrected chi connectivity index (χ2v) is 4.31. The van der Waals surface area contributed by atoms with E-state index in [0.717, 1.165) is 11.0 Å². The Morgan fingerprint density at radius 2 is 2.16 bits per heavy atom. The molecule has 0 spiro atoms. The Kier molecular flexibility index (Phi) is 3.73. The van der Waals surface area contributed by atoms with Crippen molar-refractivity contribution in [2.75, 3.05) is 6.54 Å². The summed E-state index contributed by atoms with van der Waals surface area (Å²) >= 11 is 0. The second-order valence-electron chi connectivity index (χ2n) is 4.31. The first-order valence-corrected chi connectivity index (χ1v) is 5.77. The summed E-state index contributed by atoms with van der Waals surface area (Å²) in [4.78, 5) is 27.7. The highest BCUT2D eigenvalue weighted by Gasteiger charge is 2.35. The minimum absolute atomic E-state index is 0.0915. The third-order valence-electron chi connectivity index (χ3n) is 2.81. The minimum atomic E-state index is -2.62. The number of rotatable bonds is 5. The maximum atomic E-state index is 12.4. The Hall–Kier alpha value is -2.05. The summed E-state index contributed by atoms with van der Waals surface area (Å²) in [5.41, 5.74) is -0.210. The summed E-state index contributed by atoms with van der Waals surface area (Å²) < 4.78 is 24.9. The number of carbonyl (C=O) groups excluding carboxylic acids is 1. The molecule has 1 aliphatic rings. The van der Waals surface area contributed by atoms with Crippen LogP contribution in [0.4, 0.5) is 8.78 Å². The third kappa shape index (κ3) is 3.24. The number of carboxylic acids is 1. The van der Waals surface area contributed by atoms with Crippen LogP contribution in [-0.2, 0) is 0 Å². The van der Waals surface area contributed by atoms with E-state index in [0.29, 0.717) is 12.8 Å². The normalized spacial score (nSPS) is 14.5. The van der Waals surface area contributed by atoms with Gasteiger partial charge in [0.2, 0.25) is 0 Å². The maximum absolute atomic E-state index is 12.4. The van der Waals surface area contributed by atoms with Crippen LogP contribution in [0.15, 0.2) is 18.3 Å². The van der Waals surface area contributed by atoms with Crippen LogP contribution in [0.2, 0.25) is 0 Å². The molecular formula is C12H12F2N2O3. The first-order chi connectivity index (χ1) is 8.99. The van der Waals surface area contributed by atoms with Crippen molar-refractivity contribution in [1.29, 1.82) is 0 Å². The molecule has 1 aliphatic carbocycles. The van der Waals surface area contributed by atoms with Crippen LogP contribution in [0.1, 0.15) is 33.7 Å². The number of pyridine rings is 1. The summed E-state index contributed by atoms with van der Waals surface area (Å²) in [6, 6.07) is 2.16. The topological polar surface area (TPSA) is 70.5 Å². The molecule has 0 saturated heterocycles. The lowest BCUT2D eigenvalue weighted by atomic mass is 10.2. The van der Waals surface area contributed by atoms with Crippen LogP contribution >= 0.6 is 0 Å². The fourth-order valence-electron chi connectivity index (χ4n) is 1.76. The van der Waals surface area contributed by atoms with Gasteiger partial charge in [0.1, 0.15) is 5.69 Å². The largest absolute Gasteiger partial charge is 0.478 e. The highest BCUT2D eigenvalue weighted by Crippen LogP contribution is 2.28. The Balaban J connectivity index is 2.21. The molecule has 5 nitrogen and oxygen atoms in total. The Morgan fingerprint density at radius 1 is 1.47 bits per heavy atom. The number of halogens is 2. The average molecular weight is 270 g/mol. The van der Waals surface area contributed by atoms with Crippen molar-refractivity contribution in [3.8, 4) is 0 Å². The molecule has 2 rings (SSSR count). The predicted molar refractivity (Wildman–Crippen MR) is 61.3 cm³/mol. The molecule has 0 radical (unpaired) electrons. The van der Waals surface area contributed by atoms with Gasteiger partial charge in [-0.15, -0.1) is 0 Å². The molecule has 1 N–H and O–H groups in total. The molecule has 102 valence electrons. The van der Waals surface area contributed by atoms with Gasteiger partial charge in [0.15, 0.2) is 0 Å². The van der Waals surface area contributed by atoms with Crippen LogP contribution < -0.4 is 0 Å². The van der Waals surface area contributed by atoms with E-state index in [1.54, 1.807) is 0 Å². The first-order valence-electron chi connectivity index (χ1n) is 5.77. The van der Waals surface area contributed by atoms with Gasteiger partial charge in [-0.3, -0.25) is 9.78 Å². The molecule has 0 atom stereocenters. The Morgan fingerprint density at radius 3 is 2.68 bits per heavy atom. The van der Waals surface area contributed by atoms with E-state index >= 15 is 0 Å². The zero-order chi connectivity index (χ0) is 14.0. The lowest BCUT2D eigenvalue weighted by molar-refractivity contribution is 0.0529. The number of alkyl halides is 2. The molecule has 19 heavy (non-hydrogen) atoms. The standard InChI is InChI=1S/C12H12F2N2O3/c13-10(14)6-16(8-1-2-8)11(17)9-5-7(12(18)19)3-4-15-9/h3-5,8,10H,1-2,6H2,(H,18,19). The van der Waals surface area contributed by atoms with Crippen LogP contribution in [-0.4, -0.2) is 45.9 Å². The van der Waals surface area contributed by atoms with E-state index in [1.165, 1.54) is 12.3 Å². The van der Waals surface area contributed by atoms with E-state index in [1.807, 2.05) is 0 Å². The second kappa shape index (κ2) is 5.29. The number of carbonyl (C=O) groups is 2. The first kappa shape index (κ1) is 13.4. The molecule has 1 aromatic heterocycles. The molecular weight excluding hydrogens is 258 g/mol. The highest BCUT2D eigenvalue weighted by molar-refractivity contribution is 5.96. The lowest BCUT2D eigenvalue weighted by Gasteiger charge is -2.21. The van der Waals surface area contributed by atoms with Gasteiger partial charge >= 0.3 is 5.97 Å². The van der Waals surface area contributed by atoms with E-state index in [-0.39, 0.29) is 17.3 Å². The molecule has 0 unspecified atom stereocenters. The van der Waals surface area contributed by atoms with E-state index < -0.39 is 24.8 Å². The summed E-state index contributed by atoms with van der Waals surface area (Å²) in [5.74, 6) is -1.84. The van der Waals surface area contributed by atoms with E-state index in [2.05, 4.69) is 4.98 Å². The van der Waals surface area contributed by atoms with Crippen molar-refractivity contribution >= 4 is 11.9 Å². The number of aromatic nitrogens is 1. The lowest BCUT2D eigenvalue weighted by Crippen LogP contribution is -2.37. The average Bonchev–Trinajstić information content (AvgIpc) is 3.19. The van der Waals surface area contributed by atoms with Gasteiger partial charge in [-0.2, -0.15) is 0 Å². The van der Waals surface area contributed by atoms with Gasteiger partial charge < -0.3 is 10.0 Å². The molecule has 1 amide bonds. The molecule has 1 aromatic rings. The maximum Gasteiger partial charge on any atom is 0.335 e. The van der Waals surface area contributed by atoms with Crippen LogP contribution in [0, 0.1) is 0 Å². The Labute approximate surface area is 107 Å². The van der Waals surface area contributed by atoms with Gasteiger partial charge in [0.25, 0.3) is 12.3 Å². The van der Waals surface area contributed by atoms with Gasteiger partial charge in [0, 0.05) is 12.2 Å². The number of carboxylic acid groups (broad SMARTS) is 1. The van der Waals surface area contributed by atoms with Gasteiger partial charge in [-0.1, -0.05) is 0 Å². The molecule has 1 heterocycles. The zero-order valence-corrected chi connectivity index (χ0v) is 9.92. The number of amides is 1. The number of nitrogens with zero attached hydrogens (tertiary/aromatic N) is 2. The van der Waals surface area contributed by atoms with Crippen molar-refractivity contribution in [2.45, 2.75) is 25.3 Å². The minimum Gasteiger partial charge on any atom is -0.478 e. The number of aromatic carboxylic acids is 1. The fourth-order valence-corrected chi connectivity index (χ4v) is 1.76. The van der Waals surface area contributed by atoms with Gasteiger partial charge in [-0.25, -0.2) is 13.6 Å².